The van der Waals surface area contributed by atoms with Crippen molar-refractivity contribution in [3.8, 4) is 0 Å². The van der Waals surface area contributed by atoms with Crippen molar-refractivity contribution in [2.45, 2.75) is 25.8 Å². The summed E-state index contributed by atoms with van der Waals surface area (Å²) in [5, 5.41) is 15.4. The van der Waals surface area contributed by atoms with Crippen LogP contribution in [0.1, 0.15) is 29.3 Å². The van der Waals surface area contributed by atoms with E-state index in [0.29, 0.717) is 18.6 Å². The van der Waals surface area contributed by atoms with Gasteiger partial charge in [-0.25, -0.2) is 5.48 Å². The lowest BCUT2D eigenvalue weighted by Crippen LogP contribution is -2.42. The first-order chi connectivity index (χ1) is 16.0. The molecule has 3 rings (SSSR count). The molecule has 0 bridgehead atoms. The Morgan fingerprint density at radius 2 is 1.88 bits per heavy atom. The predicted octanol–water partition coefficient (Wildman–Crippen LogP) is 4.53. The number of ether oxygens (including phenoxy) is 2. The van der Waals surface area contributed by atoms with E-state index in [1.165, 1.54) is 0 Å². The van der Waals surface area contributed by atoms with Gasteiger partial charge in [0.25, 0.3) is 5.91 Å². The number of rotatable bonds is 12. The van der Waals surface area contributed by atoms with E-state index in [-0.39, 0.29) is 25.7 Å². The van der Waals surface area contributed by atoms with Gasteiger partial charge in [0.05, 0.1) is 12.6 Å². The fourth-order valence-electron chi connectivity index (χ4n) is 3.55. The maximum absolute atomic E-state index is 12.8. The number of thiophene rings is 1. The SMILES string of the molecule is CCOCOC[C@H](C[C@H](Cc1csc2ccccc12)C(=O)NO)NC(=O)c1ccc(Br)cc1. The van der Waals surface area contributed by atoms with Gasteiger partial charge in [-0.05, 0) is 66.4 Å². The third-order valence-corrected chi connectivity index (χ3v) is 6.75. The molecular weight excluding hydrogens is 508 g/mol. The van der Waals surface area contributed by atoms with E-state index in [1.807, 2.05) is 36.6 Å². The second kappa shape index (κ2) is 12.8. The van der Waals surface area contributed by atoms with Crippen LogP contribution in [0.4, 0.5) is 0 Å². The minimum Gasteiger partial charge on any atom is -0.356 e. The highest BCUT2D eigenvalue weighted by atomic mass is 79.9. The summed E-state index contributed by atoms with van der Waals surface area (Å²) < 4.78 is 12.8. The van der Waals surface area contributed by atoms with E-state index in [1.54, 1.807) is 41.1 Å². The van der Waals surface area contributed by atoms with E-state index in [9.17, 15) is 14.8 Å². The van der Waals surface area contributed by atoms with Crippen molar-refractivity contribution in [1.29, 1.82) is 0 Å². The number of amides is 2. The van der Waals surface area contributed by atoms with Gasteiger partial charge >= 0.3 is 0 Å². The number of hydrogen-bond donors (Lipinski definition) is 3. The molecule has 0 fully saturated rings. The Hall–Kier alpha value is -2.30. The molecule has 2 amide bonds. The van der Waals surface area contributed by atoms with E-state index < -0.39 is 17.9 Å². The van der Waals surface area contributed by atoms with Gasteiger partial charge in [0.2, 0.25) is 5.91 Å². The predicted molar refractivity (Wildman–Crippen MR) is 131 cm³/mol. The van der Waals surface area contributed by atoms with Gasteiger partial charge in [-0.1, -0.05) is 34.1 Å². The first kappa shape index (κ1) is 25.3. The maximum atomic E-state index is 12.8. The summed E-state index contributed by atoms with van der Waals surface area (Å²) in [5.41, 5.74) is 3.30. The number of carbonyl (C=O) groups excluding carboxylic acids is 2. The molecular formula is C24H27BrN2O5S. The molecule has 0 aliphatic rings. The van der Waals surface area contributed by atoms with Crippen LogP contribution in [0.3, 0.4) is 0 Å². The number of hydrogen-bond acceptors (Lipinski definition) is 6. The Labute approximate surface area is 205 Å². The molecule has 7 nitrogen and oxygen atoms in total. The molecule has 2 atom stereocenters. The van der Waals surface area contributed by atoms with Gasteiger partial charge in [-0.2, -0.15) is 0 Å². The Morgan fingerprint density at radius 3 is 2.61 bits per heavy atom. The number of hydroxylamine groups is 1. The quantitative estimate of drug-likeness (QED) is 0.137. The lowest BCUT2D eigenvalue weighted by atomic mass is 9.91. The van der Waals surface area contributed by atoms with Crippen molar-refractivity contribution in [2.24, 2.45) is 5.92 Å². The fraction of sp³-hybridized carbons (Fsp3) is 0.333. The van der Waals surface area contributed by atoms with Crippen LogP contribution in [0, 0.1) is 5.92 Å². The van der Waals surface area contributed by atoms with Crippen LogP contribution in [0.5, 0.6) is 0 Å². The Balaban J connectivity index is 1.76. The summed E-state index contributed by atoms with van der Waals surface area (Å²) in [4.78, 5) is 25.3. The van der Waals surface area contributed by atoms with Crippen molar-refractivity contribution < 1.29 is 24.3 Å². The standard InChI is InChI=1S/C24H27BrN2O5S/c1-2-31-15-32-13-20(26-23(28)16-7-9-19(25)10-8-16)12-17(24(29)27-30)11-18-14-33-22-6-4-3-5-21(18)22/h3-10,14,17,20,30H,2,11-13,15H2,1H3,(H,26,28)(H,27,29)/t17-,20-/m0/s1. The second-order valence-corrected chi connectivity index (χ2v) is 9.36. The number of halogens is 1. The maximum Gasteiger partial charge on any atom is 0.251 e. The van der Waals surface area contributed by atoms with Gasteiger partial charge in [0.1, 0.15) is 6.79 Å². The normalized spacial score (nSPS) is 12.9. The molecule has 2 aromatic carbocycles. The lowest BCUT2D eigenvalue weighted by Gasteiger charge is -2.23. The van der Waals surface area contributed by atoms with Crippen molar-refractivity contribution in [2.75, 3.05) is 20.0 Å². The zero-order valence-electron chi connectivity index (χ0n) is 18.3. The van der Waals surface area contributed by atoms with Gasteiger partial charge in [-0.15, -0.1) is 11.3 Å². The molecule has 0 aliphatic carbocycles. The summed E-state index contributed by atoms with van der Waals surface area (Å²) in [6.07, 6.45) is 0.706. The summed E-state index contributed by atoms with van der Waals surface area (Å²) >= 11 is 4.98. The van der Waals surface area contributed by atoms with E-state index in [4.69, 9.17) is 9.47 Å². The van der Waals surface area contributed by atoms with Crippen molar-refractivity contribution in [3.05, 3.63) is 69.5 Å². The second-order valence-electron chi connectivity index (χ2n) is 7.53. The van der Waals surface area contributed by atoms with Gasteiger partial charge in [0, 0.05) is 27.3 Å². The highest BCUT2D eigenvalue weighted by Gasteiger charge is 2.26. The number of fused-ring (bicyclic) bond motifs is 1. The molecule has 3 N–H and O–H groups in total. The molecule has 0 unspecified atom stereocenters. The molecule has 1 heterocycles. The molecule has 176 valence electrons. The molecule has 1 aromatic heterocycles. The topological polar surface area (TPSA) is 96.9 Å². The van der Waals surface area contributed by atoms with Crippen LogP contribution in [0.2, 0.25) is 0 Å². The number of benzene rings is 2. The van der Waals surface area contributed by atoms with E-state index in [2.05, 4.69) is 21.2 Å². The first-order valence-corrected chi connectivity index (χ1v) is 12.3. The molecule has 0 spiro atoms. The van der Waals surface area contributed by atoms with Gasteiger partial charge in [-0.3, -0.25) is 14.8 Å². The van der Waals surface area contributed by atoms with E-state index in [0.717, 1.165) is 20.1 Å². The van der Waals surface area contributed by atoms with Crippen LogP contribution in [0.15, 0.2) is 58.4 Å². The molecule has 0 aliphatic heterocycles. The highest BCUT2D eigenvalue weighted by Crippen LogP contribution is 2.29. The molecule has 0 saturated carbocycles. The average molecular weight is 535 g/mol. The zero-order chi connectivity index (χ0) is 23.6. The van der Waals surface area contributed by atoms with Crippen LogP contribution >= 0.6 is 27.3 Å². The Morgan fingerprint density at radius 1 is 1.12 bits per heavy atom. The largest absolute Gasteiger partial charge is 0.356 e. The van der Waals surface area contributed by atoms with Crippen molar-refractivity contribution in [1.82, 2.24) is 10.8 Å². The Bertz CT molecular complexity index is 1060. The Kier molecular flexibility index (Phi) is 9.83. The van der Waals surface area contributed by atoms with Crippen LogP contribution in [-0.2, 0) is 20.7 Å². The fourth-order valence-corrected chi connectivity index (χ4v) is 4.79. The van der Waals surface area contributed by atoms with Crippen molar-refractivity contribution in [3.63, 3.8) is 0 Å². The third kappa shape index (κ3) is 7.35. The van der Waals surface area contributed by atoms with Crippen LogP contribution < -0.4 is 10.8 Å². The summed E-state index contributed by atoms with van der Waals surface area (Å²) in [6.45, 7) is 2.63. The van der Waals surface area contributed by atoms with Crippen LogP contribution in [0.25, 0.3) is 10.1 Å². The minimum absolute atomic E-state index is 0.0905. The van der Waals surface area contributed by atoms with Gasteiger partial charge in [0.15, 0.2) is 0 Å². The number of nitrogens with one attached hydrogen (secondary N) is 2. The van der Waals surface area contributed by atoms with Crippen molar-refractivity contribution >= 4 is 49.2 Å². The molecule has 0 saturated heterocycles. The third-order valence-electron chi connectivity index (χ3n) is 5.21. The van der Waals surface area contributed by atoms with Gasteiger partial charge < -0.3 is 14.8 Å². The average Bonchev–Trinajstić information content (AvgIpc) is 3.24. The first-order valence-electron chi connectivity index (χ1n) is 10.6. The molecule has 33 heavy (non-hydrogen) atoms. The molecule has 0 radical (unpaired) electrons. The number of carbonyl (C=O) groups is 2. The zero-order valence-corrected chi connectivity index (χ0v) is 20.7. The highest BCUT2D eigenvalue weighted by molar-refractivity contribution is 9.10. The smallest absolute Gasteiger partial charge is 0.251 e. The summed E-state index contributed by atoms with van der Waals surface area (Å²) in [7, 11) is 0. The molecule has 9 heteroatoms. The van der Waals surface area contributed by atoms with E-state index >= 15 is 0 Å². The summed E-state index contributed by atoms with van der Waals surface area (Å²) in [5.74, 6) is -1.34. The molecule has 3 aromatic rings. The summed E-state index contributed by atoms with van der Waals surface area (Å²) in [6, 6.07) is 14.5. The monoisotopic (exact) mass is 534 g/mol. The lowest BCUT2D eigenvalue weighted by molar-refractivity contribution is -0.134. The minimum atomic E-state index is -0.570. The van der Waals surface area contributed by atoms with Crippen LogP contribution in [-0.4, -0.2) is 43.1 Å².